The Labute approximate surface area is 270 Å². The summed E-state index contributed by atoms with van der Waals surface area (Å²) in [6.45, 7) is 5.74. The van der Waals surface area contributed by atoms with Crippen LogP contribution in [0.2, 0.25) is 0 Å². The first-order valence-corrected chi connectivity index (χ1v) is 17.8. The lowest BCUT2D eigenvalue weighted by atomic mass is 9.84. The van der Waals surface area contributed by atoms with E-state index in [0.717, 1.165) is 59.4 Å². The van der Waals surface area contributed by atoms with Crippen LogP contribution in [0.25, 0.3) is 0 Å². The number of aryl methyl sites for hydroxylation is 1. The molecule has 4 atom stereocenters. The Morgan fingerprint density at radius 3 is 2.52 bits per heavy atom. The predicted molar refractivity (Wildman–Crippen MR) is 177 cm³/mol. The molecule has 44 heavy (non-hydrogen) atoms. The summed E-state index contributed by atoms with van der Waals surface area (Å²) in [5, 5.41) is 4.36. The van der Waals surface area contributed by atoms with Crippen molar-refractivity contribution in [2.24, 2.45) is 0 Å². The lowest BCUT2D eigenvalue weighted by Gasteiger charge is -2.39. The third-order valence-electron chi connectivity index (χ3n) is 8.42. The molecule has 3 aromatic carbocycles. The second-order valence-corrected chi connectivity index (χ2v) is 14.2. The van der Waals surface area contributed by atoms with E-state index in [2.05, 4.69) is 50.4 Å². The van der Waals surface area contributed by atoms with Crippen molar-refractivity contribution in [2.45, 2.75) is 54.8 Å². The maximum absolute atomic E-state index is 14.4. The second kappa shape index (κ2) is 15.2. The van der Waals surface area contributed by atoms with Crippen LogP contribution in [0.15, 0.2) is 71.6 Å². The quantitative estimate of drug-likeness (QED) is 0.179. The minimum absolute atomic E-state index is 0.00221. The van der Waals surface area contributed by atoms with Gasteiger partial charge in [0.25, 0.3) is 0 Å². The topological polar surface area (TPSA) is 86.3 Å². The largest absolute Gasteiger partial charge is 0.490 e. The Bertz CT molecular complexity index is 1470. The number of nitrogens with zero attached hydrogens (tertiary/aromatic N) is 1. The second-order valence-electron chi connectivity index (χ2n) is 11.5. The van der Waals surface area contributed by atoms with E-state index in [1.54, 1.807) is 26.4 Å². The Hall–Kier alpha value is -2.47. The number of piperidine rings is 1. The van der Waals surface area contributed by atoms with Crippen molar-refractivity contribution in [3.63, 3.8) is 0 Å². The first kappa shape index (κ1) is 32.9. The van der Waals surface area contributed by atoms with Crippen LogP contribution in [0.1, 0.15) is 46.4 Å². The van der Waals surface area contributed by atoms with Gasteiger partial charge in [0, 0.05) is 51.2 Å². The molecule has 2 aliphatic heterocycles. The van der Waals surface area contributed by atoms with E-state index in [0.29, 0.717) is 31.9 Å². The summed E-state index contributed by atoms with van der Waals surface area (Å²) in [5.74, 6) is 0.745. The van der Waals surface area contributed by atoms with Crippen LogP contribution in [0.4, 0.5) is 5.69 Å². The van der Waals surface area contributed by atoms with Gasteiger partial charge in [-0.3, -0.25) is 0 Å². The molecular weight excluding hydrogens is 644 g/mol. The number of sulfone groups is 1. The fourth-order valence-corrected chi connectivity index (χ4v) is 8.07. The molecule has 5 rings (SSSR count). The number of rotatable bonds is 13. The number of nitrogens with one attached hydrogen (secondary N) is 1. The minimum Gasteiger partial charge on any atom is -0.490 e. The number of alkyl halides is 1. The highest BCUT2D eigenvalue weighted by Crippen LogP contribution is 2.41. The molecule has 1 unspecified atom stereocenters. The summed E-state index contributed by atoms with van der Waals surface area (Å²) in [5.41, 5.74) is 3.46. The monoisotopic (exact) mass is 686 g/mol. The molecule has 1 N–H and O–H groups in total. The van der Waals surface area contributed by atoms with Gasteiger partial charge in [0.15, 0.2) is 5.44 Å². The van der Waals surface area contributed by atoms with E-state index in [9.17, 15) is 8.42 Å². The minimum atomic E-state index is -3.93. The Morgan fingerprint density at radius 1 is 1.05 bits per heavy atom. The molecule has 0 saturated carbocycles. The molecule has 1 saturated heterocycles. The van der Waals surface area contributed by atoms with Crippen LogP contribution in [-0.4, -0.2) is 73.0 Å². The van der Waals surface area contributed by atoms with Crippen LogP contribution in [0, 0.1) is 6.92 Å². The number of hydrogen-bond donors (Lipinski definition) is 1. The van der Waals surface area contributed by atoms with Gasteiger partial charge in [0.05, 0.1) is 29.8 Å². The SMILES string of the molecule is COCCCN1CCOc2ccc(C(O[C@H]3CN[C@H](CBr)C[C@@H]3c3ccc(COC)cc3)S(=O)(=O)c3ccc(C)cc3)cc21. The van der Waals surface area contributed by atoms with Gasteiger partial charge in [-0.1, -0.05) is 64.0 Å². The van der Waals surface area contributed by atoms with Crippen molar-refractivity contribution in [2.75, 3.05) is 57.3 Å². The fourth-order valence-electron chi connectivity index (χ4n) is 6.02. The molecule has 0 radical (unpaired) electrons. The van der Waals surface area contributed by atoms with E-state index in [-0.39, 0.29) is 23.0 Å². The van der Waals surface area contributed by atoms with Crippen LogP contribution in [0.5, 0.6) is 5.75 Å². The molecule has 2 aliphatic rings. The zero-order chi connectivity index (χ0) is 31.1. The molecule has 1 fully saturated rings. The molecule has 0 aliphatic carbocycles. The summed E-state index contributed by atoms with van der Waals surface area (Å²) < 4.78 is 52.2. The van der Waals surface area contributed by atoms with Crippen molar-refractivity contribution in [1.29, 1.82) is 0 Å². The van der Waals surface area contributed by atoms with Gasteiger partial charge in [-0.25, -0.2) is 8.42 Å². The average molecular weight is 688 g/mol. The zero-order valence-electron chi connectivity index (χ0n) is 25.7. The van der Waals surface area contributed by atoms with E-state index in [1.807, 2.05) is 37.3 Å². The van der Waals surface area contributed by atoms with Crippen molar-refractivity contribution >= 4 is 31.5 Å². The first-order valence-electron chi connectivity index (χ1n) is 15.2. The number of ether oxygens (including phenoxy) is 4. The van der Waals surface area contributed by atoms with Gasteiger partial charge in [-0.05, 0) is 60.7 Å². The highest BCUT2D eigenvalue weighted by atomic mass is 79.9. The van der Waals surface area contributed by atoms with Gasteiger partial charge in [-0.2, -0.15) is 0 Å². The van der Waals surface area contributed by atoms with Crippen LogP contribution >= 0.6 is 15.9 Å². The summed E-state index contributed by atoms with van der Waals surface area (Å²) >= 11 is 3.64. The van der Waals surface area contributed by atoms with Gasteiger partial charge >= 0.3 is 0 Å². The number of halogens is 1. The first-order chi connectivity index (χ1) is 21.3. The average Bonchev–Trinajstić information content (AvgIpc) is 3.04. The van der Waals surface area contributed by atoms with Gasteiger partial charge in [0.2, 0.25) is 9.84 Å². The van der Waals surface area contributed by atoms with E-state index < -0.39 is 15.3 Å². The van der Waals surface area contributed by atoms with E-state index >= 15 is 0 Å². The molecule has 0 amide bonds. The van der Waals surface area contributed by atoms with Crippen molar-refractivity contribution in [3.05, 3.63) is 89.0 Å². The summed E-state index contributed by atoms with van der Waals surface area (Å²) in [6, 6.07) is 21.3. The molecular formula is C34H43BrN2O6S. The lowest BCUT2D eigenvalue weighted by Crippen LogP contribution is -2.48. The number of hydrogen-bond acceptors (Lipinski definition) is 8. The molecule has 238 valence electrons. The number of benzene rings is 3. The third kappa shape index (κ3) is 7.66. The van der Waals surface area contributed by atoms with Crippen LogP contribution in [0.3, 0.4) is 0 Å². The Morgan fingerprint density at radius 2 is 1.82 bits per heavy atom. The van der Waals surface area contributed by atoms with Crippen molar-refractivity contribution < 1.29 is 27.4 Å². The highest BCUT2D eigenvalue weighted by Gasteiger charge is 2.39. The summed E-state index contributed by atoms with van der Waals surface area (Å²) in [6.07, 6.45) is 1.28. The molecule has 0 aromatic heterocycles. The smallest absolute Gasteiger partial charge is 0.209 e. The molecule has 3 aromatic rings. The lowest BCUT2D eigenvalue weighted by molar-refractivity contribution is -0.00450. The van der Waals surface area contributed by atoms with E-state index in [4.69, 9.17) is 18.9 Å². The maximum Gasteiger partial charge on any atom is 0.209 e. The standard InChI is InChI=1S/C34H43BrN2O6S/c1-24-5-12-29(13-6-24)44(38,39)34(27-11-14-32-31(19-27)37(16-18-42-32)15-4-17-40-2)43-33-22-36-28(21-35)20-30(33)26-9-7-25(8-10-26)23-41-3/h5-14,19,28,30,33-34,36H,4,15-18,20-23H2,1-3H3/t28-,30+,33-,34?/m0/s1. The van der Waals surface area contributed by atoms with Crippen LogP contribution < -0.4 is 15.0 Å². The number of anilines is 1. The Balaban J connectivity index is 1.53. The molecule has 10 heteroatoms. The van der Waals surface area contributed by atoms with Crippen LogP contribution in [-0.2, 0) is 30.7 Å². The summed E-state index contributed by atoms with van der Waals surface area (Å²) in [7, 11) is -0.544. The van der Waals surface area contributed by atoms with Gasteiger partial charge < -0.3 is 29.2 Å². The Kier molecular flexibility index (Phi) is 11.4. The summed E-state index contributed by atoms with van der Waals surface area (Å²) in [4.78, 5) is 2.48. The predicted octanol–water partition coefficient (Wildman–Crippen LogP) is 5.78. The molecule has 2 heterocycles. The maximum atomic E-state index is 14.4. The highest BCUT2D eigenvalue weighted by molar-refractivity contribution is 9.09. The van der Waals surface area contributed by atoms with Crippen molar-refractivity contribution in [1.82, 2.24) is 5.32 Å². The number of methoxy groups -OCH3 is 2. The fraction of sp³-hybridized carbons (Fsp3) is 0.471. The van der Waals surface area contributed by atoms with E-state index in [1.165, 1.54) is 0 Å². The van der Waals surface area contributed by atoms with Crippen molar-refractivity contribution in [3.8, 4) is 5.75 Å². The third-order valence-corrected chi connectivity index (χ3v) is 11.1. The number of fused-ring (bicyclic) bond motifs is 1. The van der Waals surface area contributed by atoms with Gasteiger partial charge in [-0.15, -0.1) is 0 Å². The molecule has 8 nitrogen and oxygen atoms in total. The normalized spacial score (nSPS) is 21.0. The molecule has 0 bridgehead atoms. The van der Waals surface area contributed by atoms with Gasteiger partial charge in [0.1, 0.15) is 12.4 Å². The zero-order valence-corrected chi connectivity index (χ0v) is 28.1. The molecule has 0 spiro atoms.